The minimum atomic E-state index is 0.332. The van der Waals surface area contributed by atoms with Crippen molar-refractivity contribution in [1.82, 2.24) is 0 Å². The molecule has 0 amide bonds. The standard InChI is InChI=1S/C30H20S/c1-5-13-23-19(9-1)20-10-2-6-14-24(20)29(23)27-17-18-28(31-27)30-25-15-7-3-11-21(25)22-12-4-8-16-26(22)30/h1-18,29-30H. The Morgan fingerprint density at radius 1 is 0.355 bits per heavy atom. The van der Waals surface area contributed by atoms with Crippen molar-refractivity contribution in [3.63, 3.8) is 0 Å². The third-order valence-electron chi connectivity index (χ3n) is 6.88. The van der Waals surface area contributed by atoms with E-state index in [1.807, 2.05) is 11.3 Å². The first-order valence-corrected chi connectivity index (χ1v) is 11.7. The molecule has 1 heterocycles. The van der Waals surface area contributed by atoms with Gasteiger partial charge in [0.2, 0.25) is 0 Å². The van der Waals surface area contributed by atoms with Crippen molar-refractivity contribution >= 4 is 11.3 Å². The van der Waals surface area contributed by atoms with E-state index in [1.54, 1.807) is 0 Å². The Labute approximate surface area is 186 Å². The molecular formula is C30H20S. The van der Waals surface area contributed by atoms with Gasteiger partial charge < -0.3 is 0 Å². The van der Waals surface area contributed by atoms with Gasteiger partial charge in [-0.25, -0.2) is 0 Å². The molecule has 0 radical (unpaired) electrons. The SMILES string of the molecule is c1ccc2c(c1)-c1ccccc1C2c1ccc(C2c3ccccc3-c3ccccc32)s1. The second-order valence-corrected chi connectivity index (χ2v) is 9.60. The molecule has 7 rings (SSSR count). The third kappa shape index (κ3) is 2.41. The number of hydrogen-bond acceptors (Lipinski definition) is 1. The maximum atomic E-state index is 2.37. The van der Waals surface area contributed by atoms with Gasteiger partial charge >= 0.3 is 0 Å². The second kappa shape index (κ2) is 6.54. The molecule has 0 unspecified atom stereocenters. The van der Waals surface area contributed by atoms with Crippen LogP contribution in [-0.4, -0.2) is 0 Å². The van der Waals surface area contributed by atoms with E-state index in [0.29, 0.717) is 11.8 Å². The fourth-order valence-corrected chi connectivity index (χ4v) is 6.89. The first-order chi connectivity index (χ1) is 15.4. The molecular weight excluding hydrogens is 392 g/mol. The number of rotatable bonds is 2. The molecule has 0 aliphatic heterocycles. The van der Waals surface area contributed by atoms with Crippen LogP contribution in [0.1, 0.15) is 43.8 Å². The van der Waals surface area contributed by atoms with Crippen molar-refractivity contribution < 1.29 is 0 Å². The molecule has 0 nitrogen and oxygen atoms in total. The van der Waals surface area contributed by atoms with Gasteiger partial charge in [0.25, 0.3) is 0 Å². The summed E-state index contributed by atoms with van der Waals surface area (Å²) in [5, 5.41) is 0. The summed E-state index contributed by atoms with van der Waals surface area (Å²) < 4.78 is 0. The highest BCUT2D eigenvalue weighted by Gasteiger charge is 2.33. The maximum Gasteiger partial charge on any atom is 0.0446 e. The Hall–Kier alpha value is -3.42. The van der Waals surface area contributed by atoms with Crippen LogP contribution in [-0.2, 0) is 0 Å². The zero-order chi connectivity index (χ0) is 20.4. The Morgan fingerprint density at radius 2 is 0.645 bits per heavy atom. The lowest BCUT2D eigenvalue weighted by Gasteiger charge is -2.13. The minimum Gasteiger partial charge on any atom is -0.143 e. The molecule has 2 aliphatic carbocycles. The van der Waals surface area contributed by atoms with E-state index in [-0.39, 0.29) is 0 Å². The third-order valence-corrected chi connectivity index (χ3v) is 8.10. The van der Waals surface area contributed by atoms with E-state index in [2.05, 4.69) is 109 Å². The summed E-state index contributed by atoms with van der Waals surface area (Å²) in [5.74, 6) is 0.663. The Bertz CT molecular complexity index is 1250. The molecule has 0 saturated carbocycles. The van der Waals surface area contributed by atoms with E-state index >= 15 is 0 Å². The minimum absolute atomic E-state index is 0.332. The first kappa shape index (κ1) is 17.3. The largest absolute Gasteiger partial charge is 0.143 e. The van der Waals surface area contributed by atoms with Crippen LogP contribution < -0.4 is 0 Å². The fourth-order valence-electron chi connectivity index (χ4n) is 5.60. The summed E-state index contributed by atoms with van der Waals surface area (Å²) in [6, 6.07) is 40.4. The molecule has 0 bridgehead atoms. The molecule has 1 aromatic heterocycles. The number of fused-ring (bicyclic) bond motifs is 6. The van der Waals surface area contributed by atoms with Crippen LogP contribution in [0.4, 0.5) is 0 Å². The average molecular weight is 413 g/mol. The summed E-state index contributed by atoms with van der Waals surface area (Å²) in [6.07, 6.45) is 0. The summed E-state index contributed by atoms with van der Waals surface area (Å²) in [4.78, 5) is 2.88. The van der Waals surface area contributed by atoms with Crippen LogP contribution in [0.2, 0.25) is 0 Å². The molecule has 31 heavy (non-hydrogen) atoms. The van der Waals surface area contributed by atoms with Crippen molar-refractivity contribution in [3.8, 4) is 22.3 Å². The molecule has 146 valence electrons. The fraction of sp³-hybridized carbons (Fsp3) is 0.0667. The molecule has 0 N–H and O–H groups in total. The van der Waals surface area contributed by atoms with Gasteiger partial charge in [-0.3, -0.25) is 0 Å². The smallest absolute Gasteiger partial charge is 0.0446 e. The molecule has 0 atom stereocenters. The van der Waals surface area contributed by atoms with Gasteiger partial charge in [-0.2, -0.15) is 0 Å². The summed E-state index contributed by atoms with van der Waals surface area (Å²) in [6.45, 7) is 0. The van der Waals surface area contributed by atoms with Gasteiger partial charge in [-0.1, -0.05) is 97.1 Å². The van der Waals surface area contributed by atoms with Gasteiger partial charge in [0.05, 0.1) is 0 Å². The molecule has 0 spiro atoms. The second-order valence-electron chi connectivity index (χ2n) is 8.46. The molecule has 2 aliphatic rings. The highest BCUT2D eigenvalue weighted by molar-refractivity contribution is 7.12. The predicted molar refractivity (Wildman–Crippen MR) is 130 cm³/mol. The number of benzene rings is 4. The van der Waals surface area contributed by atoms with Crippen molar-refractivity contribution in [2.24, 2.45) is 0 Å². The zero-order valence-electron chi connectivity index (χ0n) is 17.0. The Balaban J connectivity index is 1.39. The lowest BCUT2D eigenvalue weighted by atomic mass is 9.94. The van der Waals surface area contributed by atoms with Gasteiger partial charge in [0, 0.05) is 21.6 Å². The van der Waals surface area contributed by atoms with Crippen LogP contribution >= 0.6 is 11.3 Å². The summed E-state index contributed by atoms with van der Waals surface area (Å²) >= 11 is 1.98. The van der Waals surface area contributed by atoms with Crippen molar-refractivity contribution in [1.29, 1.82) is 0 Å². The number of hydrogen-bond donors (Lipinski definition) is 0. The van der Waals surface area contributed by atoms with Crippen LogP contribution in [0, 0.1) is 0 Å². The van der Waals surface area contributed by atoms with Crippen LogP contribution in [0.15, 0.2) is 109 Å². The predicted octanol–water partition coefficient (Wildman–Crippen LogP) is 8.07. The maximum absolute atomic E-state index is 2.37. The van der Waals surface area contributed by atoms with Gasteiger partial charge in [-0.05, 0) is 56.6 Å². The van der Waals surface area contributed by atoms with E-state index in [9.17, 15) is 0 Å². The normalized spacial score (nSPS) is 14.2. The Morgan fingerprint density at radius 3 is 0.968 bits per heavy atom. The van der Waals surface area contributed by atoms with Gasteiger partial charge in [-0.15, -0.1) is 11.3 Å². The molecule has 0 fully saturated rings. The molecule has 0 saturated heterocycles. The van der Waals surface area contributed by atoms with E-state index < -0.39 is 0 Å². The van der Waals surface area contributed by atoms with Gasteiger partial charge in [0.1, 0.15) is 0 Å². The van der Waals surface area contributed by atoms with Crippen LogP contribution in [0.25, 0.3) is 22.3 Å². The number of thiophene rings is 1. The molecule has 4 aromatic carbocycles. The quantitative estimate of drug-likeness (QED) is 0.269. The zero-order valence-corrected chi connectivity index (χ0v) is 17.8. The highest BCUT2D eigenvalue weighted by Crippen LogP contribution is 2.53. The lowest BCUT2D eigenvalue weighted by Crippen LogP contribution is -1.97. The monoisotopic (exact) mass is 412 g/mol. The van der Waals surface area contributed by atoms with E-state index in [0.717, 1.165) is 0 Å². The first-order valence-electron chi connectivity index (χ1n) is 10.9. The van der Waals surface area contributed by atoms with E-state index in [1.165, 1.54) is 54.3 Å². The Kier molecular flexibility index (Phi) is 3.64. The average Bonchev–Trinajstić information content (AvgIpc) is 3.51. The van der Waals surface area contributed by atoms with Crippen LogP contribution in [0.3, 0.4) is 0 Å². The van der Waals surface area contributed by atoms with Crippen molar-refractivity contribution in [3.05, 3.63) is 141 Å². The van der Waals surface area contributed by atoms with Crippen molar-refractivity contribution in [2.75, 3.05) is 0 Å². The van der Waals surface area contributed by atoms with Crippen LogP contribution in [0.5, 0.6) is 0 Å². The van der Waals surface area contributed by atoms with E-state index in [4.69, 9.17) is 0 Å². The molecule has 1 heteroatoms. The highest BCUT2D eigenvalue weighted by atomic mass is 32.1. The molecule has 5 aromatic rings. The lowest BCUT2D eigenvalue weighted by molar-refractivity contribution is 1.05. The summed E-state index contributed by atoms with van der Waals surface area (Å²) in [5.41, 5.74) is 11.3. The van der Waals surface area contributed by atoms with Gasteiger partial charge in [0.15, 0.2) is 0 Å². The summed E-state index contributed by atoms with van der Waals surface area (Å²) in [7, 11) is 0. The topological polar surface area (TPSA) is 0 Å². The van der Waals surface area contributed by atoms with Crippen molar-refractivity contribution in [2.45, 2.75) is 11.8 Å².